The Balaban J connectivity index is 1.56. The second-order valence-electron chi connectivity index (χ2n) is 5.66. The molecule has 8 heteroatoms. The molecule has 0 saturated heterocycles. The van der Waals surface area contributed by atoms with Crippen molar-refractivity contribution >= 4 is 34.9 Å². The van der Waals surface area contributed by atoms with Gasteiger partial charge in [0.1, 0.15) is 17.2 Å². The van der Waals surface area contributed by atoms with Crippen molar-refractivity contribution in [3.05, 3.63) is 58.0 Å². The fourth-order valence-electron chi connectivity index (χ4n) is 2.40. The van der Waals surface area contributed by atoms with Crippen LogP contribution >= 0.6 is 12.2 Å². The van der Waals surface area contributed by atoms with Gasteiger partial charge in [-0.15, -0.1) is 0 Å². The molecule has 1 heterocycles. The zero-order chi connectivity index (χ0) is 17.1. The average molecular weight is 344 g/mol. The minimum absolute atomic E-state index is 0.0557. The number of benzene rings is 1. The number of nitro benzene ring substituents is 1. The number of para-hydroxylation sites is 2. The molecule has 1 aromatic carbocycles. The number of nitro groups is 1. The van der Waals surface area contributed by atoms with Gasteiger partial charge in [-0.1, -0.05) is 19.1 Å². The number of nitrogens with one attached hydrogen (secondary N) is 2. The lowest BCUT2D eigenvalue weighted by molar-refractivity contribution is -0.383. The Morgan fingerprint density at radius 1 is 1.42 bits per heavy atom. The summed E-state index contributed by atoms with van der Waals surface area (Å²) in [5.41, 5.74) is 2.86. The number of rotatable bonds is 5. The SMILES string of the molecule is C[C@H]1C[C@@H]1c1ccc(/C=N\NC(=S)Nc2ccccc2[N+](=O)[O-])o1. The summed E-state index contributed by atoms with van der Waals surface area (Å²) < 4.78 is 5.69. The largest absolute Gasteiger partial charge is 0.460 e. The second kappa shape index (κ2) is 6.79. The first-order valence-corrected chi connectivity index (χ1v) is 7.88. The number of anilines is 1. The van der Waals surface area contributed by atoms with Crippen LogP contribution in [0.1, 0.15) is 30.8 Å². The van der Waals surface area contributed by atoms with Gasteiger partial charge in [-0.25, -0.2) is 0 Å². The molecule has 0 unspecified atom stereocenters. The minimum Gasteiger partial charge on any atom is -0.460 e. The molecule has 2 N–H and O–H groups in total. The van der Waals surface area contributed by atoms with Crippen LogP contribution < -0.4 is 10.7 Å². The number of hydrazone groups is 1. The third kappa shape index (κ3) is 3.77. The second-order valence-corrected chi connectivity index (χ2v) is 6.07. The number of hydrogen-bond acceptors (Lipinski definition) is 5. The van der Waals surface area contributed by atoms with E-state index in [2.05, 4.69) is 22.8 Å². The van der Waals surface area contributed by atoms with E-state index in [1.165, 1.54) is 12.3 Å². The van der Waals surface area contributed by atoms with Crippen LogP contribution in [0.15, 0.2) is 45.9 Å². The fraction of sp³-hybridized carbons (Fsp3) is 0.250. The summed E-state index contributed by atoms with van der Waals surface area (Å²) in [6.07, 6.45) is 2.68. The maximum Gasteiger partial charge on any atom is 0.292 e. The van der Waals surface area contributed by atoms with Crippen LogP contribution in [-0.2, 0) is 0 Å². The molecule has 1 aliphatic carbocycles. The Morgan fingerprint density at radius 2 is 2.17 bits per heavy atom. The lowest BCUT2D eigenvalue weighted by atomic mass is 10.3. The number of thiocarbonyl (C=S) groups is 1. The van der Waals surface area contributed by atoms with Gasteiger partial charge in [0.05, 0.1) is 11.1 Å². The molecule has 1 fully saturated rings. The molecule has 1 saturated carbocycles. The fourth-order valence-corrected chi connectivity index (χ4v) is 2.56. The lowest BCUT2D eigenvalue weighted by Crippen LogP contribution is -2.24. The molecule has 2 aromatic rings. The Morgan fingerprint density at radius 3 is 2.88 bits per heavy atom. The highest BCUT2D eigenvalue weighted by molar-refractivity contribution is 7.80. The van der Waals surface area contributed by atoms with E-state index in [1.54, 1.807) is 18.2 Å². The van der Waals surface area contributed by atoms with Crippen LogP contribution in [0, 0.1) is 16.0 Å². The van der Waals surface area contributed by atoms with Gasteiger partial charge >= 0.3 is 0 Å². The van der Waals surface area contributed by atoms with Crippen molar-refractivity contribution in [2.75, 3.05) is 5.32 Å². The average Bonchev–Trinajstić information content (AvgIpc) is 3.09. The number of furan rings is 1. The van der Waals surface area contributed by atoms with E-state index in [-0.39, 0.29) is 10.8 Å². The van der Waals surface area contributed by atoms with Gasteiger partial charge in [0.25, 0.3) is 5.69 Å². The van der Waals surface area contributed by atoms with E-state index < -0.39 is 4.92 Å². The van der Waals surface area contributed by atoms with E-state index in [0.717, 1.165) is 12.2 Å². The molecule has 124 valence electrons. The van der Waals surface area contributed by atoms with Crippen LogP contribution in [0.3, 0.4) is 0 Å². The Hall–Kier alpha value is -2.74. The first kappa shape index (κ1) is 16.1. The van der Waals surface area contributed by atoms with Crippen LogP contribution in [0.5, 0.6) is 0 Å². The van der Waals surface area contributed by atoms with E-state index in [1.807, 2.05) is 12.1 Å². The molecule has 1 aromatic heterocycles. The molecule has 0 bridgehead atoms. The molecule has 0 aliphatic heterocycles. The zero-order valence-electron chi connectivity index (χ0n) is 12.9. The third-order valence-electron chi connectivity index (χ3n) is 3.83. The molecule has 2 atom stereocenters. The van der Waals surface area contributed by atoms with Crippen LogP contribution in [-0.4, -0.2) is 16.3 Å². The molecule has 1 aliphatic rings. The summed E-state index contributed by atoms with van der Waals surface area (Å²) in [6.45, 7) is 2.19. The highest BCUT2D eigenvalue weighted by atomic mass is 32.1. The quantitative estimate of drug-likeness (QED) is 0.372. The van der Waals surface area contributed by atoms with Crippen LogP contribution in [0.25, 0.3) is 0 Å². The van der Waals surface area contributed by atoms with Crippen LogP contribution in [0.4, 0.5) is 11.4 Å². The molecule has 0 radical (unpaired) electrons. The van der Waals surface area contributed by atoms with Gasteiger partial charge in [-0.3, -0.25) is 15.5 Å². The molecule has 3 rings (SSSR count). The maximum atomic E-state index is 10.9. The molecular weight excluding hydrogens is 328 g/mol. The summed E-state index contributed by atoms with van der Waals surface area (Å²) in [6, 6.07) is 10.1. The van der Waals surface area contributed by atoms with Crippen molar-refractivity contribution in [3.63, 3.8) is 0 Å². The summed E-state index contributed by atoms with van der Waals surface area (Å²) >= 11 is 5.08. The molecule has 7 nitrogen and oxygen atoms in total. The highest BCUT2D eigenvalue weighted by Crippen LogP contribution is 2.47. The normalized spacial score (nSPS) is 19.2. The predicted molar refractivity (Wildman–Crippen MR) is 95.3 cm³/mol. The Kier molecular flexibility index (Phi) is 4.57. The number of nitrogens with zero attached hydrogens (tertiary/aromatic N) is 2. The van der Waals surface area contributed by atoms with Crippen molar-refractivity contribution in [2.45, 2.75) is 19.3 Å². The summed E-state index contributed by atoms with van der Waals surface area (Å²) in [5, 5.41) is 17.8. The first-order valence-electron chi connectivity index (χ1n) is 7.48. The predicted octanol–water partition coefficient (Wildman–Crippen LogP) is 3.63. The van der Waals surface area contributed by atoms with E-state index in [0.29, 0.717) is 23.3 Å². The summed E-state index contributed by atoms with van der Waals surface area (Å²) in [4.78, 5) is 10.5. The third-order valence-corrected chi connectivity index (χ3v) is 4.02. The Labute approximate surface area is 143 Å². The standard InChI is InChI=1S/C16H16N4O3S/c1-10-8-12(10)15-7-6-11(23-15)9-17-19-16(24)18-13-4-2-3-5-14(13)20(21)22/h2-7,9-10,12H,8H2,1H3,(H2,18,19,24)/b17-9-/t10-,12-/m0/s1. The zero-order valence-corrected chi connectivity index (χ0v) is 13.7. The maximum absolute atomic E-state index is 10.9. The van der Waals surface area contributed by atoms with Gasteiger partial charge in [0.15, 0.2) is 5.11 Å². The minimum atomic E-state index is -0.475. The molecule has 0 spiro atoms. The topological polar surface area (TPSA) is 92.7 Å². The van der Waals surface area contributed by atoms with Gasteiger partial charge in [-0.2, -0.15) is 5.10 Å². The van der Waals surface area contributed by atoms with E-state index in [4.69, 9.17) is 16.6 Å². The monoisotopic (exact) mass is 344 g/mol. The van der Waals surface area contributed by atoms with Crippen molar-refractivity contribution < 1.29 is 9.34 Å². The van der Waals surface area contributed by atoms with E-state index in [9.17, 15) is 10.1 Å². The van der Waals surface area contributed by atoms with Gasteiger partial charge < -0.3 is 9.73 Å². The highest BCUT2D eigenvalue weighted by Gasteiger charge is 2.36. The molecular formula is C16H16N4O3S. The van der Waals surface area contributed by atoms with Gasteiger partial charge in [0.2, 0.25) is 0 Å². The summed E-state index contributed by atoms with van der Waals surface area (Å²) in [7, 11) is 0. The van der Waals surface area contributed by atoms with Crippen molar-refractivity contribution in [2.24, 2.45) is 11.0 Å². The molecule has 0 amide bonds. The first-order chi connectivity index (χ1) is 11.5. The van der Waals surface area contributed by atoms with E-state index >= 15 is 0 Å². The lowest BCUT2D eigenvalue weighted by Gasteiger charge is -2.06. The van der Waals surface area contributed by atoms with Gasteiger partial charge in [-0.05, 0) is 42.8 Å². The van der Waals surface area contributed by atoms with Crippen molar-refractivity contribution in [1.29, 1.82) is 0 Å². The molecule has 24 heavy (non-hydrogen) atoms. The van der Waals surface area contributed by atoms with Crippen LogP contribution in [0.2, 0.25) is 0 Å². The van der Waals surface area contributed by atoms with Gasteiger partial charge in [0, 0.05) is 12.0 Å². The smallest absolute Gasteiger partial charge is 0.292 e. The van der Waals surface area contributed by atoms with Crippen molar-refractivity contribution in [1.82, 2.24) is 5.43 Å². The summed E-state index contributed by atoms with van der Waals surface area (Å²) in [5.74, 6) is 2.80. The van der Waals surface area contributed by atoms with Crippen molar-refractivity contribution in [3.8, 4) is 0 Å². The Bertz CT molecular complexity index is 802. The number of hydrogen-bond donors (Lipinski definition) is 2.